The molecule has 0 aromatic carbocycles. The van der Waals surface area contributed by atoms with E-state index in [9.17, 15) is 0 Å². The standard InChI is InChI=1S/C16H23BrN2/c1-12-10-14(11-18-15(12)17)19-13-4-8-16(9-5-13)6-2-3-7-16/h10-11,13,19H,2-9H2,1H3. The van der Waals surface area contributed by atoms with E-state index < -0.39 is 0 Å². The van der Waals surface area contributed by atoms with Gasteiger partial charge in [-0.25, -0.2) is 4.98 Å². The number of aromatic nitrogens is 1. The summed E-state index contributed by atoms with van der Waals surface area (Å²) in [6.45, 7) is 2.09. The predicted octanol–water partition coefficient (Wildman–Crippen LogP) is 5.07. The average molecular weight is 323 g/mol. The second-order valence-corrected chi connectivity index (χ2v) is 7.21. The van der Waals surface area contributed by atoms with Crippen LogP contribution in [0.3, 0.4) is 0 Å². The van der Waals surface area contributed by atoms with Crippen molar-refractivity contribution in [3.8, 4) is 0 Å². The SMILES string of the molecule is Cc1cc(NC2CCC3(CCCC3)CC2)cnc1Br. The number of rotatable bonds is 2. The number of nitrogens with zero attached hydrogens (tertiary/aromatic N) is 1. The molecule has 1 aromatic heterocycles. The van der Waals surface area contributed by atoms with Gasteiger partial charge in [-0.05, 0) is 78.4 Å². The average Bonchev–Trinajstić information content (AvgIpc) is 2.86. The highest BCUT2D eigenvalue weighted by molar-refractivity contribution is 9.10. The zero-order valence-electron chi connectivity index (χ0n) is 11.7. The topological polar surface area (TPSA) is 24.9 Å². The summed E-state index contributed by atoms with van der Waals surface area (Å²) >= 11 is 3.46. The van der Waals surface area contributed by atoms with Crippen molar-refractivity contribution >= 4 is 21.6 Å². The van der Waals surface area contributed by atoms with Gasteiger partial charge in [0.15, 0.2) is 0 Å². The van der Waals surface area contributed by atoms with Crippen LogP contribution in [0.4, 0.5) is 5.69 Å². The van der Waals surface area contributed by atoms with E-state index in [1.807, 2.05) is 6.20 Å². The van der Waals surface area contributed by atoms with Gasteiger partial charge in [0, 0.05) is 6.04 Å². The van der Waals surface area contributed by atoms with Gasteiger partial charge < -0.3 is 5.32 Å². The Bertz CT molecular complexity index is 442. The van der Waals surface area contributed by atoms with E-state index in [4.69, 9.17) is 0 Å². The third-order valence-corrected chi connectivity index (χ3v) is 5.93. The summed E-state index contributed by atoms with van der Waals surface area (Å²) in [7, 11) is 0. The summed E-state index contributed by atoms with van der Waals surface area (Å²) in [6.07, 6.45) is 13.3. The van der Waals surface area contributed by atoms with E-state index in [2.05, 4.69) is 39.2 Å². The summed E-state index contributed by atoms with van der Waals surface area (Å²) in [6, 6.07) is 2.84. The van der Waals surface area contributed by atoms with Gasteiger partial charge in [0.05, 0.1) is 11.9 Å². The molecule has 3 heteroatoms. The van der Waals surface area contributed by atoms with Gasteiger partial charge in [-0.1, -0.05) is 12.8 Å². The summed E-state index contributed by atoms with van der Waals surface area (Å²) in [5, 5.41) is 3.67. The van der Waals surface area contributed by atoms with Gasteiger partial charge >= 0.3 is 0 Å². The Labute approximate surface area is 124 Å². The molecule has 2 aliphatic rings. The summed E-state index contributed by atoms with van der Waals surface area (Å²) in [4.78, 5) is 4.37. The molecular formula is C16H23BrN2. The Morgan fingerprint density at radius 1 is 1.21 bits per heavy atom. The van der Waals surface area contributed by atoms with Crippen LogP contribution in [0.1, 0.15) is 56.9 Å². The van der Waals surface area contributed by atoms with Gasteiger partial charge in [0.25, 0.3) is 0 Å². The maximum atomic E-state index is 4.37. The van der Waals surface area contributed by atoms with Crippen LogP contribution in [0.25, 0.3) is 0 Å². The molecule has 2 nitrogen and oxygen atoms in total. The fourth-order valence-corrected chi connectivity index (χ4v) is 4.09. The Kier molecular flexibility index (Phi) is 3.84. The number of hydrogen-bond donors (Lipinski definition) is 1. The third-order valence-electron chi connectivity index (χ3n) is 5.10. The van der Waals surface area contributed by atoms with Crippen LogP contribution < -0.4 is 5.32 Å². The monoisotopic (exact) mass is 322 g/mol. The number of halogens is 1. The number of pyridine rings is 1. The van der Waals surface area contributed by atoms with E-state index in [0.29, 0.717) is 6.04 Å². The number of hydrogen-bond acceptors (Lipinski definition) is 2. The molecule has 1 heterocycles. The number of nitrogens with one attached hydrogen (secondary N) is 1. The molecule has 2 aliphatic carbocycles. The van der Waals surface area contributed by atoms with Crippen LogP contribution in [0.15, 0.2) is 16.9 Å². The van der Waals surface area contributed by atoms with Crippen LogP contribution in [-0.4, -0.2) is 11.0 Å². The van der Waals surface area contributed by atoms with Gasteiger partial charge in [-0.15, -0.1) is 0 Å². The van der Waals surface area contributed by atoms with E-state index in [1.54, 1.807) is 0 Å². The number of aryl methyl sites for hydroxylation is 1. The highest BCUT2D eigenvalue weighted by atomic mass is 79.9. The molecule has 3 rings (SSSR count). The first kappa shape index (κ1) is 13.4. The Morgan fingerprint density at radius 3 is 2.53 bits per heavy atom. The molecule has 2 fully saturated rings. The van der Waals surface area contributed by atoms with Crippen molar-refractivity contribution < 1.29 is 0 Å². The van der Waals surface area contributed by atoms with Crippen LogP contribution in [-0.2, 0) is 0 Å². The first-order valence-corrected chi connectivity index (χ1v) is 8.35. The van der Waals surface area contributed by atoms with Gasteiger partial charge in [0.2, 0.25) is 0 Å². The van der Waals surface area contributed by atoms with Crippen molar-refractivity contribution in [2.45, 2.75) is 64.3 Å². The zero-order chi connectivity index (χ0) is 13.3. The molecule has 1 N–H and O–H groups in total. The molecule has 0 bridgehead atoms. The Balaban J connectivity index is 1.58. The largest absolute Gasteiger partial charge is 0.381 e. The van der Waals surface area contributed by atoms with E-state index in [-0.39, 0.29) is 0 Å². The van der Waals surface area contributed by atoms with Gasteiger partial charge in [-0.3, -0.25) is 0 Å². The summed E-state index contributed by atoms with van der Waals surface area (Å²) < 4.78 is 0.951. The fraction of sp³-hybridized carbons (Fsp3) is 0.688. The van der Waals surface area contributed by atoms with Crippen molar-refractivity contribution in [1.82, 2.24) is 4.98 Å². The summed E-state index contributed by atoms with van der Waals surface area (Å²) in [5.74, 6) is 0. The van der Waals surface area contributed by atoms with Crippen molar-refractivity contribution in [2.75, 3.05) is 5.32 Å². The first-order chi connectivity index (χ1) is 9.17. The van der Waals surface area contributed by atoms with Crippen molar-refractivity contribution in [1.29, 1.82) is 0 Å². The lowest BCUT2D eigenvalue weighted by Gasteiger charge is -2.37. The van der Waals surface area contributed by atoms with Crippen molar-refractivity contribution in [3.63, 3.8) is 0 Å². The molecule has 0 unspecified atom stereocenters. The van der Waals surface area contributed by atoms with Gasteiger partial charge in [-0.2, -0.15) is 0 Å². The second kappa shape index (κ2) is 5.43. The van der Waals surface area contributed by atoms with Crippen molar-refractivity contribution in [3.05, 3.63) is 22.4 Å². The zero-order valence-corrected chi connectivity index (χ0v) is 13.3. The fourth-order valence-electron chi connectivity index (χ4n) is 3.87. The minimum atomic E-state index is 0.647. The van der Waals surface area contributed by atoms with Crippen LogP contribution in [0, 0.1) is 12.3 Å². The molecule has 0 saturated heterocycles. The van der Waals surface area contributed by atoms with Gasteiger partial charge in [0.1, 0.15) is 4.60 Å². The lowest BCUT2D eigenvalue weighted by atomic mass is 9.71. The molecule has 104 valence electrons. The van der Waals surface area contributed by atoms with E-state index >= 15 is 0 Å². The molecule has 19 heavy (non-hydrogen) atoms. The molecule has 0 aliphatic heterocycles. The molecule has 1 aromatic rings. The number of anilines is 1. The van der Waals surface area contributed by atoms with Crippen molar-refractivity contribution in [2.24, 2.45) is 5.41 Å². The normalized spacial score (nSPS) is 22.8. The Hall–Kier alpha value is -0.570. The molecular weight excluding hydrogens is 300 g/mol. The minimum Gasteiger partial charge on any atom is -0.381 e. The first-order valence-electron chi connectivity index (χ1n) is 7.56. The molecule has 1 spiro atoms. The lowest BCUT2D eigenvalue weighted by molar-refractivity contribution is 0.188. The molecule has 0 amide bonds. The van der Waals surface area contributed by atoms with Crippen LogP contribution in [0.2, 0.25) is 0 Å². The van der Waals surface area contributed by atoms with E-state index in [0.717, 1.165) is 10.0 Å². The lowest BCUT2D eigenvalue weighted by Crippen LogP contribution is -2.31. The maximum absolute atomic E-state index is 4.37. The molecule has 0 radical (unpaired) electrons. The van der Waals surface area contributed by atoms with Crippen LogP contribution in [0.5, 0.6) is 0 Å². The highest BCUT2D eigenvalue weighted by Crippen LogP contribution is 2.49. The third kappa shape index (κ3) is 2.96. The Morgan fingerprint density at radius 2 is 1.89 bits per heavy atom. The minimum absolute atomic E-state index is 0.647. The quantitative estimate of drug-likeness (QED) is 0.769. The smallest absolute Gasteiger partial charge is 0.109 e. The second-order valence-electron chi connectivity index (χ2n) is 6.46. The van der Waals surface area contributed by atoms with Crippen LogP contribution >= 0.6 is 15.9 Å². The maximum Gasteiger partial charge on any atom is 0.109 e. The van der Waals surface area contributed by atoms with E-state index in [1.165, 1.54) is 62.6 Å². The highest BCUT2D eigenvalue weighted by Gasteiger charge is 2.37. The molecule has 2 saturated carbocycles. The molecule has 0 atom stereocenters. The predicted molar refractivity (Wildman–Crippen MR) is 83.5 cm³/mol. The summed E-state index contributed by atoms with van der Waals surface area (Å²) in [5.41, 5.74) is 3.10.